The number of benzene rings is 2. The lowest BCUT2D eigenvalue weighted by molar-refractivity contribution is -0.384. The topological polar surface area (TPSA) is 99.0 Å². The molecule has 8 heteroatoms. The summed E-state index contributed by atoms with van der Waals surface area (Å²) in [7, 11) is 0. The summed E-state index contributed by atoms with van der Waals surface area (Å²) in [5.41, 5.74) is 2.75. The van der Waals surface area contributed by atoms with Gasteiger partial charge in [-0.15, -0.1) is 0 Å². The van der Waals surface area contributed by atoms with Gasteiger partial charge in [-0.2, -0.15) is 0 Å². The molecule has 2 aromatic rings. The molecule has 1 aliphatic heterocycles. The number of rotatable bonds is 6. The van der Waals surface area contributed by atoms with Crippen molar-refractivity contribution in [3.8, 4) is 0 Å². The molecule has 30 heavy (non-hydrogen) atoms. The monoisotopic (exact) mass is 412 g/mol. The lowest BCUT2D eigenvalue weighted by Gasteiger charge is -2.28. The summed E-state index contributed by atoms with van der Waals surface area (Å²) in [5.74, 6) is -1.11. The van der Waals surface area contributed by atoms with E-state index in [1.165, 1.54) is 25.1 Å². The first-order valence-electron chi connectivity index (χ1n) is 9.71. The number of carbonyl (C=O) groups is 2. The van der Waals surface area contributed by atoms with E-state index in [9.17, 15) is 19.7 Å². The number of ketones is 1. The largest absolute Gasteiger partial charge is 0.451 e. The molecular formula is C22H24N2O6. The van der Waals surface area contributed by atoms with Gasteiger partial charge in [-0.25, -0.2) is 4.79 Å². The van der Waals surface area contributed by atoms with Gasteiger partial charge in [0.05, 0.1) is 23.7 Å². The highest BCUT2D eigenvalue weighted by atomic mass is 16.6. The van der Waals surface area contributed by atoms with E-state index >= 15 is 0 Å². The maximum Gasteiger partial charge on any atom is 0.339 e. The van der Waals surface area contributed by atoms with Crippen molar-refractivity contribution in [3.63, 3.8) is 0 Å². The third-order valence-electron chi connectivity index (χ3n) is 5.20. The quantitative estimate of drug-likeness (QED) is 0.310. The number of hydrogen-bond acceptors (Lipinski definition) is 7. The Morgan fingerprint density at radius 3 is 2.37 bits per heavy atom. The Morgan fingerprint density at radius 1 is 1.07 bits per heavy atom. The number of carbonyl (C=O) groups excluding carboxylic acids is 2. The van der Waals surface area contributed by atoms with E-state index in [4.69, 9.17) is 9.47 Å². The molecule has 1 heterocycles. The zero-order valence-electron chi connectivity index (χ0n) is 17.2. The Morgan fingerprint density at radius 2 is 1.73 bits per heavy atom. The second kappa shape index (κ2) is 9.04. The molecule has 0 amide bonds. The molecule has 3 rings (SSSR count). The number of morpholine rings is 1. The van der Waals surface area contributed by atoms with Gasteiger partial charge in [-0.3, -0.25) is 14.9 Å². The molecule has 1 atom stereocenters. The van der Waals surface area contributed by atoms with Gasteiger partial charge in [-0.05, 0) is 50.1 Å². The lowest BCUT2D eigenvalue weighted by atomic mass is 10.0. The van der Waals surface area contributed by atoms with E-state index < -0.39 is 17.0 Å². The van der Waals surface area contributed by atoms with Gasteiger partial charge < -0.3 is 14.4 Å². The number of nitro groups is 1. The van der Waals surface area contributed by atoms with Gasteiger partial charge in [0.25, 0.3) is 5.69 Å². The average molecular weight is 412 g/mol. The predicted octanol–water partition coefficient (Wildman–Crippen LogP) is 3.48. The molecule has 0 saturated carbocycles. The van der Waals surface area contributed by atoms with Crippen molar-refractivity contribution < 1.29 is 24.0 Å². The summed E-state index contributed by atoms with van der Waals surface area (Å²) in [4.78, 5) is 38.0. The van der Waals surface area contributed by atoms with Crippen LogP contribution in [0.15, 0.2) is 36.4 Å². The van der Waals surface area contributed by atoms with Gasteiger partial charge in [0, 0.05) is 24.7 Å². The molecule has 8 nitrogen and oxygen atoms in total. The van der Waals surface area contributed by atoms with Gasteiger partial charge in [0.1, 0.15) is 5.69 Å². The highest BCUT2D eigenvalue weighted by Crippen LogP contribution is 2.30. The van der Waals surface area contributed by atoms with Crippen LogP contribution < -0.4 is 4.90 Å². The molecule has 0 aliphatic carbocycles. The fraction of sp³-hybridized carbons (Fsp3) is 0.364. The molecule has 158 valence electrons. The standard InChI is InChI=1S/C22H24N2O6/c1-14-4-5-17(12-15(14)2)21(25)16(3)30-22(26)18-6-7-19(20(13-18)24(27)28)23-8-10-29-11-9-23/h4-7,12-13,16H,8-11H2,1-3H3/t16-/m0/s1. The predicted molar refractivity (Wildman–Crippen MR) is 111 cm³/mol. The van der Waals surface area contributed by atoms with Crippen LogP contribution in [0.4, 0.5) is 11.4 Å². The molecule has 0 spiro atoms. The van der Waals surface area contributed by atoms with Crippen LogP contribution >= 0.6 is 0 Å². The first kappa shape index (κ1) is 21.4. The number of Topliss-reactive ketones (excluding diaryl/α,β-unsaturated/α-hetero) is 1. The number of ether oxygens (including phenoxy) is 2. The molecule has 1 fully saturated rings. The second-order valence-electron chi connectivity index (χ2n) is 7.27. The summed E-state index contributed by atoms with van der Waals surface area (Å²) in [6, 6.07) is 9.50. The van der Waals surface area contributed by atoms with E-state index in [2.05, 4.69) is 0 Å². The molecule has 2 aromatic carbocycles. The summed E-state index contributed by atoms with van der Waals surface area (Å²) >= 11 is 0. The maximum atomic E-state index is 12.6. The highest BCUT2D eigenvalue weighted by molar-refractivity contribution is 6.01. The third kappa shape index (κ3) is 4.65. The zero-order valence-corrected chi connectivity index (χ0v) is 17.2. The van der Waals surface area contributed by atoms with Crippen molar-refractivity contribution in [1.29, 1.82) is 0 Å². The first-order chi connectivity index (χ1) is 14.3. The molecule has 0 N–H and O–H groups in total. The summed E-state index contributed by atoms with van der Waals surface area (Å²) in [6.07, 6.45) is -1.02. The van der Waals surface area contributed by atoms with E-state index in [1.54, 1.807) is 12.1 Å². The Kier molecular flexibility index (Phi) is 6.47. The van der Waals surface area contributed by atoms with Crippen molar-refractivity contribution in [2.45, 2.75) is 26.9 Å². The average Bonchev–Trinajstić information content (AvgIpc) is 2.75. The van der Waals surface area contributed by atoms with Crippen LogP contribution in [0.2, 0.25) is 0 Å². The second-order valence-corrected chi connectivity index (χ2v) is 7.27. The Bertz CT molecular complexity index is 982. The lowest BCUT2D eigenvalue weighted by Crippen LogP contribution is -2.36. The van der Waals surface area contributed by atoms with Gasteiger partial charge >= 0.3 is 5.97 Å². The summed E-state index contributed by atoms with van der Waals surface area (Å²) < 4.78 is 10.6. The van der Waals surface area contributed by atoms with Gasteiger partial charge in [0.15, 0.2) is 6.10 Å². The zero-order chi connectivity index (χ0) is 21.8. The molecule has 0 aromatic heterocycles. The fourth-order valence-corrected chi connectivity index (χ4v) is 3.28. The normalized spacial score (nSPS) is 14.8. The number of esters is 1. The highest BCUT2D eigenvalue weighted by Gasteiger charge is 2.26. The van der Waals surface area contributed by atoms with Crippen molar-refractivity contribution in [1.82, 2.24) is 0 Å². The number of aryl methyl sites for hydroxylation is 2. The molecule has 1 aliphatic rings. The fourth-order valence-electron chi connectivity index (χ4n) is 3.28. The Hall–Kier alpha value is -3.26. The van der Waals surface area contributed by atoms with Crippen molar-refractivity contribution in [2.24, 2.45) is 0 Å². The molecule has 1 saturated heterocycles. The SMILES string of the molecule is Cc1ccc(C(=O)[C@H](C)OC(=O)c2ccc(N3CCOCC3)c([N+](=O)[O-])c2)cc1C. The maximum absolute atomic E-state index is 12.6. The first-order valence-corrected chi connectivity index (χ1v) is 9.71. The minimum atomic E-state index is -1.02. The minimum Gasteiger partial charge on any atom is -0.451 e. The summed E-state index contributed by atoms with van der Waals surface area (Å²) in [6.45, 7) is 7.38. The van der Waals surface area contributed by atoms with E-state index in [0.29, 0.717) is 37.6 Å². The smallest absolute Gasteiger partial charge is 0.339 e. The molecule has 0 bridgehead atoms. The molecular weight excluding hydrogens is 388 g/mol. The van der Waals surface area contributed by atoms with Gasteiger partial charge in [-0.1, -0.05) is 12.1 Å². The number of anilines is 1. The van der Waals surface area contributed by atoms with Crippen LogP contribution in [0.25, 0.3) is 0 Å². The molecule has 0 unspecified atom stereocenters. The Balaban J connectivity index is 1.77. The Labute approximate surface area is 174 Å². The van der Waals surface area contributed by atoms with E-state index in [0.717, 1.165) is 11.1 Å². The number of hydrogen-bond donors (Lipinski definition) is 0. The van der Waals surface area contributed by atoms with Crippen LogP contribution in [0.3, 0.4) is 0 Å². The third-order valence-corrected chi connectivity index (χ3v) is 5.20. The van der Waals surface area contributed by atoms with Crippen molar-refractivity contribution in [3.05, 3.63) is 68.8 Å². The molecule has 0 radical (unpaired) electrons. The number of nitrogens with zero attached hydrogens (tertiary/aromatic N) is 2. The van der Waals surface area contributed by atoms with E-state index in [1.807, 2.05) is 24.8 Å². The van der Waals surface area contributed by atoms with Crippen LogP contribution in [-0.2, 0) is 9.47 Å². The van der Waals surface area contributed by atoms with Crippen LogP contribution in [0.5, 0.6) is 0 Å². The van der Waals surface area contributed by atoms with Crippen LogP contribution in [0, 0.1) is 24.0 Å². The summed E-state index contributed by atoms with van der Waals surface area (Å²) in [5, 5.41) is 11.6. The van der Waals surface area contributed by atoms with E-state index in [-0.39, 0.29) is 17.0 Å². The van der Waals surface area contributed by atoms with Crippen molar-refractivity contribution >= 4 is 23.1 Å². The van der Waals surface area contributed by atoms with Gasteiger partial charge in [0.2, 0.25) is 5.78 Å². The minimum absolute atomic E-state index is 0.0263. The number of nitro benzene ring substituents is 1. The van der Waals surface area contributed by atoms with Crippen LogP contribution in [0.1, 0.15) is 38.8 Å². The van der Waals surface area contributed by atoms with Crippen LogP contribution in [-0.4, -0.2) is 49.1 Å². The van der Waals surface area contributed by atoms with Crippen molar-refractivity contribution in [2.75, 3.05) is 31.2 Å².